The van der Waals surface area contributed by atoms with E-state index in [0.717, 1.165) is 25.4 Å². The summed E-state index contributed by atoms with van der Waals surface area (Å²) < 4.78 is 0. The number of nitrogens with zero attached hydrogens (tertiary/aromatic N) is 2. The van der Waals surface area contributed by atoms with Gasteiger partial charge in [0.05, 0.1) is 6.07 Å². The molecule has 0 aliphatic heterocycles. The first kappa shape index (κ1) is 14.8. The first-order valence-electron chi connectivity index (χ1n) is 8.09. The summed E-state index contributed by atoms with van der Waals surface area (Å²) in [6.07, 6.45) is 11.4. The molecule has 0 heterocycles. The Bertz CT molecular complexity index is 312. The lowest BCUT2D eigenvalue weighted by molar-refractivity contribution is 0.0868. The van der Waals surface area contributed by atoms with Crippen molar-refractivity contribution in [1.82, 2.24) is 10.2 Å². The van der Waals surface area contributed by atoms with Gasteiger partial charge in [0.15, 0.2) is 0 Å². The van der Waals surface area contributed by atoms with E-state index in [1.54, 1.807) is 0 Å². The van der Waals surface area contributed by atoms with Gasteiger partial charge in [-0.15, -0.1) is 0 Å². The SMILES string of the molecule is CCNC1(C#N)CCCC(N(C)C2CCCCC2)C1. The van der Waals surface area contributed by atoms with Crippen LogP contribution in [0.3, 0.4) is 0 Å². The van der Waals surface area contributed by atoms with E-state index in [-0.39, 0.29) is 5.54 Å². The van der Waals surface area contributed by atoms with E-state index < -0.39 is 0 Å². The summed E-state index contributed by atoms with van der Waals surface area (Å²) in [5.74, 6) is 0. The van der Waals surface area contributed by atoms with Gasteiger partial charge in [-0.25, -0.2) is 0 Å². The van der Waals surface area contributed by atoms with Crippen LogP contribution in [0.1, 0.15) is 64.7 Å². The molecule has 0 amide bonds. The Labute approximate surface area is 118 Å². The molecule has 3 heteroatoms. The van der Waals surface area contributed by atoms with Gasteiger partial charge in [0.25, 0.3) is 0 Å². The quantitative estimate of drug-likeness (QED) is 0.847. The van der Waals surface area contributed by atoms with E-state index in [9.17, 15) is 5.26 Å². The Hall–Kier alpha value is -0.590. The third-order valence-electron chi connectivity index (χ3n) is 5.18. The highest BCUT2D eigenvalue weighted by atomic mass is 15.2. The molecule has 2 aliphatic rings. The second-order valence-electron chi connectivity index (χ2n) is 6.43. The molecule has 2 atom stereocenters. The largest absolute Gasteiger partial charge is 0.300 e. The standard InChI is InChI=1S/C16H29N3/c1-3-18-16(13-17)11-7-10-15(12-16)19(2)14-8-5-4-6-9-14/h14-15,18H,3-12H2,1-2H3. The monoisotopic (exact) mass is 263 g/mol. The van der Waals surface area contributed by atoms with Crippen LogP contribution >= 0.6 is 0 Å². The summed E-state index contributed by atoms with van der Waals surface area (Å²) in [4.78, 5) is 2.60. The van der Waals surface area contributed by atoms with Crippen molar-refractivity contribution in [2.45, 2.75) is 82.3 Å². The fourth-order valence-electron chi connectivity index (χ4n) is 4.02. The number of rotatable bonds is 4. The van der Waals surface area contributed by atoms with Crippen LogP contribution in [0.2, 0.25) is 0 Å². The third-order valence-corrected chi connectivity index (χ3v) is 5.18. The van der Waals surface area contributed by atoms with Crippen molar-refractivity contribution >= 4 is 0 Å². The summed E-state index contributed by atoms with van der Waals surface area (Å²) in [7, 11) is 2.29. The van der Waals surface area contributed by atoms with Gasteiger partial charge < -0.3 is 4.90 Å². The van der Waals surface area contributed by atoms with Gasteiger partial charge in [-0.05, 0) is 52.1 Å². The van der Waals surface area contributed by atoms with Gasteiger partial charge in [0.2, 0.25) is 0 Å². The second kappa shape index (κ2) is 6.72. The maximum absolute atomic E-state index is 9.55. The molecule has 2 saturated carbocycles. The van der Waals surface area contributed by atoms with Crippen LogP contribution in [-0.4, -0.2) is 36.1 Å². The molecule has 0 radical (unpaired) electrons. The predicted molar refractivity (Wildman–Crippen MR) is 78.9 cm³/mol. The topological polar surface area (TPSA) is 39.1 Å². The van der Waals surface area contributed by atoms with Crippen molar-refractivity contribution in [2.24, 2.45) is 0 Å². The van der Waals surface area contributed by atoms with Crippen LogP contribution in [0.4, 0.5) is 0 Å². The first-order chi connectivity index (χ1) is 9.21. The molecule has 0 aromatic carbocycles. The number of hydrogen-bond donors (Lipinski definition) is 1. The fourth-order valence-corrected chi connectivity index (χ4v) is 4.02. The zero-order valence-electron chi connectivity index (χ0n) is 12.6. The van der Waals surface area contributed by atoms with E-state index in [4.69, 9.17) is 0 Å². The van der Waals surface area contributed by atoms with Crippen LogP contribution < -0.4 is 5.32 Å². The Kier molecular flexibility index (Phi) is 5.24. The van der Waals surface area contributed by atoms with Crippen molar-refractivity contribution in [1.29, 1.82) is 5.26 Å². The molecule has 1 N–H and O–H groups in total. The summed E-state index contributed by atoms with van der Waals surface area (Å²) in [6.45, 7) is 3.00. The number of hydrogen-bond acceptors (Lipinski definition) is 3. The molecule has 2 rings (SSSR count). The summed E-state index contributed by atoms with van der Waals surface area (Å²) in [5, 5.41) is 13.0. The Morgan fingerprint density at radius 1 is 1.16 bits per heavy atom. The van der Waals surface area contributed by atoms with E-state index in [2.05, 4.69) is 30.3 Å². The van der Waals surface area contributed by atoms with Gasteiger partial charge in [0.1, 0.15) is 5.54 Å². The minimum Gasteiger partial charge on any atom is -0.300 e. The average Bonchev–Trinajstić information content (AvgIpc) is 2.48. The highest BCUT2D eigenvalue weighted by Crippen LogP contribution is 2.33. The molecule has 19 heavy (non-hydrogen) atoms. The maximum atomic E-state index is 9.55. The smallest absolute Gasteiger partial charge is 0.108 e. The molecule has 2 unspecified atom stereocenters. The molecule has 0 spiro atoms. The van der Waals surface area contributed by atoms with Gasteiger partial charge in [0, 0.05) is 12.1 Å². The molecular weight excluding hydrogens is 234 g/mol. The van der Waals surface area contributed by atoms with Crippen LogP contribution in [0.25, 0.3) is 0 Å². The van der Waals surface area contributed by atoms with Gasteiger partial charge in [-0.1, -0.05) is 26.2 Å². The second-order valence-corrected chi connectivity index (χ2v) is 6.43. The van der Waals surface area contributed by atoms with Gasteiger partial charge in [-0.2, -0.15) is 5.26 Å². The molecule has 0 aromatic heterocycles. The van der Waals surface area contributed by atoms with Gasteiger partial charge >= 0.3 is 0 Å². The molecule has 0 bridgehead atoms. The Balaban J connectivity index is 1.97. The molecule has 3 nitrogen and oxygen atoms in total. The van der Waals surface area contributed by atoms with E-state index in [1.165, 1.54) is 44.9 Å². The predicted octanol–water partition coefficient (Wildman–Crippen LogP) is 3.07. The lowest BCUT2D eigenvalue weighted by atomic mass is 9.78. The maximum Gasteiger partial charge on any atom is 0.108 e. The van der Waals surface area contributed by atoms with Crippen molar-refractivity contribution in [3.05, 3.63) is 0 Å². The van der Waals surface area contributed by atoms with Crippen molar-refractivity contribution < 1.29 is 0 Å². The molecule has 2 fully saturated rings. The average molecular weight is 263 g/mol. The highest BCUT2D eigenvalue weighted by molar-refractivity contribution is 5.11. The molecule has 0 aromatic rings. The summed E-state index contributed by atoms with van der Waals surface area (Å²) in [5.41, 5.74) is -0.263. The zero-order valence-corrected chi connectivity index (χ0v) is 12.6. The normalized spacial score (nSPS) is 33.3. The van der Waals surface area contributed by atoms with Crippen molar-refractivity contribution in [2.75, 3.05) is 13.6 Å². The first-order valence-corrected chi connectivity index (χ1v) is 8.09. The Morgan fingerprint density at radius 2 is 1.84 bits per heavy atom. The summed E-state index contributed by atoms with van der Waals surface area (Å²) in [6, 6.07) is 3.92. The number of nitrogens with one attached hydrogen (secondary N) is 1. The van der Waals surface area contributed by atoms with E-state index in [1.807, 2.05) is 0 Å². The summed E-state index contributed by atoms with van der Waals surface area (Å²) >= 11 is 0. The third kappa shape index (κ3) is 3.49. The molecule has 0 saturated heterocycles. The van der Waals surface area contributed by atoms with Crippen LogP contribution in [0, 0.1) is 11.3 Å². The molecular formula is C16H29N3. The Morgan fingerprint density at radius 3 is 2.47 bits per heavy atom. The molecule has 2 aliphatic carbocycles. The van der Waals surface area contributed by atoms with Crippen LogP contribution in [0.5, 0.6) is 0 Å². The van der Waals surface area contributed by atoms with Crippen molar-refractivity contribution in [3.63, 3.8) is 0 Å². The fraction of sp³-hybridized carbons (Fsp3) is 0.938. The lowest BCUT2D eigenvalue weighted by Crippen LogP contribution is -2.53. The van der Waals surface area contributed by atoms with Crippen molar-refractivity contribution in [3.8, 4) is 6.07 Å². The van der Waals surface area contributed by atoms with Crippen LogP contribution in [-0.2, 0) is 0 Å². The minimum absolute atomic E-state index is 0.263. The van der Waals surface area contributed by atoms with E-state index >= 15 is 0 Å². The van der Waals surface area contributed by atoms with E-state index in [0.29, 0.717) is 6.04 Å². The highest BCUT2D eigenvalue weighted by Gasteiger charge is 2.38. The minimum atomic E-state index is -0.263. The molecule has 108 valence electrons. The zero-order chi connectivity index (χ0) is 13.7. The van der Waals surface area contributed by atoms with Gasteiger partial charge in [-0.3, -0.25) is 5.32 Å². The lowest BCUT2D eigenvalue weighted by Gasteiger charge is -2.44. The number of nitriles is 1. The van der Waals surface area contributed by atoms with Crippen LogP contribution in [0.15, 0.2) is 0 Å².